The summed E-state index contributed by atoms with van der Waals surface area (Å²) >= 11 is 0. The van der Waals surface area contributed by atoms with Crippen molar-refractivity contribution >= 4 is 0 Å². The summed E-state index contributed by atoms with van der Waals surface area (Å²) in [6.07, 6.45) is 3.37. The molecule has 3 heterocycles. The van der Waals surface area contributed by atoms with Crippen LogP contribution in [0.2, 0.25) is 0 Å². The fourth-order valence-corrected chi connectivity index (χ4v) is 7.71. The van der Waals surface area contributed by atoms with Crippen molar-refractivity contribution in [1.29, 1.82) is 0 Å². The van der Waals surface area contributed by atoms with E-state index in [9.17, 15) is 0 Å². The zero-order valence-electron chi connectivity index (χ0n) is 28.4. The van der Waals surface area contributed by atoms with Gasteiger partial charge in [-0.1, -0.05) is 12.1 Å². The Hall–Kier alpha value is -4.40. The van der Waals surface area contributed by atoms with E-state index < -0.39 is 0 Å². The van der Waals surface area contributed by atoms with Gasteiger partial charge >= 0.3 is 0 Å². The third-order valence-electron chi connectivity index (χ3n) is 10.3. The molecule has 0 fully saturated rings. The van der Waals surface area contributed by atoms with Gasteiger partial charge < -0.3 is 28.4 Å². The highest BCUT2D eigenvalue weighted by Crippen LogP contribution is 2.52. The van der Waals surface area contributed by atoms with Crippen LogP contribution >= 0.6 is 0 Å². The van der Waals surface area contributed by atoms with Crippen molar-refractivity contribution in [2.75, 3.05) is 62.7 Å². The van der Waals surface area contributed by atoms with Crippen molar-refractivity contribution in [3.05, 3.63) is 88.0 Å². The monoisotopic (exact) mass is 636 g/mol. The third kappa shape index (κ3) is 5.43. The van der Waals surface area contributed by atoms with Crippen molar-refractivity contribution in [3.8, 4) is 51.4 Å². The summed E-state index contributed by atoms with van der Waals surface area (Å²) < 4.78 is 36.9. The Morgan fingerprint density at radius 2 is 1.15 bits per heavy atom. The van der Waals surface area contributed by atoms with Gasteiger partial charge in [-0.3, -0.25) is 9.80 Å². The van der Waals surface area contributed by atoms with Crippen LogP contribution in [-0.2, 0) is 25.7 Å². The van der Waals surface area contributed by atoms with Gasteiger partial charge in [-0.15, -0.1) is 0 Å². The first-order valence-corrected chi connectivity index (χ1v) is 16.3. The molecule has 0 spiro atoms. The van der Waals surface area contributed by atoms with Crippen molar-refractivity contribution in [2.24, 2.45) is 0 Å². The largest absolute Gasteiger partial charge is 0.496 e. The van der Waals surface area contributed by atoms with E-state index in [4.69, 9.17) is 28.4 Å². The number of methoxy groups -OCH3 is 5. The molecule has 3 aliphatic heterocycles. The Morgan fingerprint density at radius 1 is 0.596 bits per heavy atom. The van der Waals surface area contributed by atoms with E-state index in [1.54, 1.807) is 35.5 Å². The quantitative estimate of drug-likeness (QED) is 0.231. The van der Waals surface area contributed by atoms with Gasteiger partial charge in [-0.05, 0) is 110 Å². The number of nitrogens with zero attached hydrogens (tertiary/aromatic N) is 2. The molecule has 0 aromatic heterocycles. The molecule has 7 rings (SSSR count). The maximum atomic E-state index is 7.04. The van der Waals surface area contributed by atoms with Gasteiger partial charge in [-0.25, -0.2) is 0 Å². The highest BCUT2D eigenvalue weighted by Gasteiger charge is 2.35. The van der Waals surface area contributed by atoms with Crippen LogP contribution in [-0.4, -0.2) is 72.5 Å². The van der Waals surface area contributed by atoms with Crippen LogP contribution in [0.1, 0.15) is 45.5 Å². The molecule has 3 aliphatic rings. The van der Waals surface area contributed by atoms with Crippen molar-refractivity contribution in [2.45, 2.75) is 37.8 Å². The van der Waals surface area contributed by atoms with E-state index in [0.717, 1.165) is 67.0 Å². The van der Waals surface area contributed by atoms with Crippen LogP contribution in [0, 0.1) is 0 Å². The van der Waals surface area contributed by atoms with Gasteiger partial charge in [0.05, 0.1) is 35.5 Å². The van der Waals surface area contributed by atoms with Crippen molar-refractivity contribution < 1.29 is 28.4 Å². The lowest BCUT2D eigenvalue weighted by molar-refractivity contribution is 0.220. The van der Waals surface area contributed by atoms with Gasteiger partial charge in [0.1, 0.15) is 11.5 Å². The predicted molar refractivity (Wildman–Crippen MR) is 183 cm³/mol. The predicted octanol–water partition coefficient (Wildman–Crippen LogP) is 7.05. The molecule has 6 bridgehead atoms. The first-order chi connectivity index (χ1) is 22.9. The second kappa shape index (κ2) is 12.7. The van der Waals surface area contributed by atoms with Crippen LogP contribution in [0.25, 0.3) is 11.1 Å². The molecule has 4 aromatic rings. The first-order valence-electron chi connectivity index (χ1n) is 16.3. The molecule has 0 saturated heterocycles. The third-order valence-corrected chi connectivity index (χ3v) is 10.3. The van der Waals surface area contributed by atoms with Gasteiger partial charge in [0.2, 0.25) is 5.75 Å². The summed E-state index contributed by atoms with van der Waals surface area (Å²) in [4.78, 5) is 4.84. The van der Waals surface area contributed by atoms with Crippen LogP contribution in [0.15, 0.2) is 54.6 Å². The lowest BCUT2D eigenvalue weighted by Crippen LogP contribution is -2.34. The number of hydrogen-bond acceptors (Lipinski definition) is 8. The molecule has 0 aliphatic carbocycles. The fourth-order valence-electron chi connectivity index (χ4n) is 7.71. The number of hydrogen-bond donors (Lipinski definition) is 0. The molecule has 8 nitrogen and oxygen atoms in total. The van der Waals surface area contributed by atoms with Gasteiger partial charge in [0.25, 0.3) is 0 Å². The summed E-state index contributed by atoms with van der Waals surface area (Å²) in [5.41, 5.74) is 9.26. The standard InChI is InChI=1S/C39H44N2O6/c1-40-14-12-25-20-34(44-5)35-22-27(25)30(40)18-23-8-10-32(42-3)28(16-23)29-17-24(9-11-33(29)43-4)19-31-37-26(13-15-41(31)2)21-36(45-6)38(46-7)39(37)47-35/h8-11,16-17,20-22,30-31H,12-15,18-19H2,1-7H3. The molecular formula is C39H44N2O6. The molecule has 0 N–H and O–H groups in total. The molecule has 0 amide bonds. The molecular weight excluding hydrogens is 592 g/mol. The van der Waals surface area contributed by atoms with Gasteiger partial charge in [0, 0.05) is 41.9 Å². The molecule has 2 unspecified atom stereocenters. The Labute approximate surface area is 277 Å². The van der Waals surface area contributed by atoms with Crippen LogP contribution in [0.3, 0.4) is 0 Å². The second-order valence-electron chi connectivity index (χ2n) is 12.8. The number of rotatable bonds is 5. The van der Waals surface area contributed by atoms with Gasteiger partial charge in [-0.2, -0.15) is 0 Å². The Morgan fingerprint density at radius 3 is 1.74 bits per heavy atom. The second-order valence-corrected chi connectivity index (χ2v) is 12.8. The first kappa shape index (κ1) is 31.2. The molecule has 47 heavy (non-hydrogen) atoms. The van der Waals surface area contributed by atoms with Crippen LogP contribution in [0.4, 0.5) is 0 Å². The zero-order valence-corrected chi connectivity index (χ0v) is 28.4. The molecule has 0 saturated carbocycles. The maximum Gasteiger partial charge on any atom is 0.204 e. The molecule has 2 atom stereocenters. The lowest BCUT2D eigenvalue weighted by Gasteiger charge is -2.37. The van der Waals surface area contributed by atoms with Crippen LogP contribution < -0.4 is 28.4 Å². The number of benzene rings is 4. The molecule has 8 heteroatoms. The number of likely N-dealkylation sites (N-methyl/N-ethyl adjacent to an activating group) is 2. The lowest BCUT2D eigenvalue weighted by atomic mass is 9.86. The summed E-state index contributed by atoms with van der Waals surface area (Å²) in [7, 11) is 12.9. The van der Waals surface area contributed by atoms with Gasteiger partial charge in [0.15, 0.2) is 23.0 Å². The van der Waals surface area contributed by atoms with E-state index >= 15 is 0 Å². The summed E-state index contributed by atoms with van der Waals surface area (Å²) in [5, 5.41) is 0. The maximum absolute atomic E-state index is 7.04. The normalized spacial score (nSPS) is 18.9. The van der Waals surface area contributed by atoms with E-state index in [0.29, 0.717) is 28.7 Å². The molecule has 246 valence electrons. The number of ether oxygens (including phenoxy) is 6. The number of fused-ring (bicyclic) bond motifs is 6. The van der Waals surface area contributed by atoms with E-state index in [-0.39, 0.29) is 12.1 Å². The van der Waals surface area contributed by atoms with Crippen LogP contribution in [0.5, 0.6) is 40.2 Å². The highest BCUT2D eigenvalue weighted by molar-refractivity contribution is 5.77. The van der Waals surface area contributed by atoms with E-state index in [2.05, 4.69) is 78.5 Å². The molecule has 4 aromatic carbocycles. The summed E-state index contributed by atoms with van der Waals surface area (Å²) in [6.45, 7) is 1.85. The topological polar surface area (TPSA) is 61.9 Å². The Balaban J connectivity index is 1.53. The Bertz CT molecular complexity index is 1820. The zero-order chi connectivity index (χ0) is 32.8. The average molecular weight is 637 g/mol. The minimum Gasteiger partial charge on any atom is -0.496 e. The van der Waals surface area contributed by atoms with Crippen molar-refractivity contribution in [1.82, 2.24) is 9.80 Å². The smallest absolute Gasteiger partial charge is 0.204 e. The SMILES string of the molecule is COc1cc2c3cc1Oc1c(OC)c(OC)cc4c1C(Cc1ccc(OC)c(c1)-c1cc(ccc1OC)CC3N(C)CC2)N(C)CC4. The minimum absolute atomic E-state index is 0.0124. The van der Waals surface area contributed by atoms with E-state index in [1.807, 2.05) is 0 Å². The highest BCUT2D eigenvalue weighted by atomic mass is 16.5. The average Bonchev–Trinajstić information content (AvgIpc) is 3.09. The fraction of sp³-hybridized carbons (Fsp3) is 0.385. The molecule has 0 radical (unpaired) electrons. The summed E-state index contributed by atoms with van der Waals surface area (Å²) in [6, 6.07) is 19.6. The van der Waals surface area contributed by atoms with E-state index in [1.165, 1.54) is 27.8 Å². The van der Waals surface area contributed by atoms with Crippen molar-refractivity contribution in [3.63, 3.8) is 0 Å². The summed E-state index contributed by atoms with van der Waals surface area (Å²) in [5.74, 6) is 4.92. The Kier molecular flexibility index (Phi) is 8.41. The minimum atomic E-state index is 0.0124.